The fourth-order valence-corrected chi connectivity index (χ4v) is 0.961. The van der Waals surface area contributed by atoms with E-state index in [1.54, 1.807) is 0 Å². The minimum Gasteiger partial charge on any atom is -0.377 e. The predicted octanol–water partition coefficient (Wildman–Crippen LogP) is 2.26. The molecule has 0 bridgehead atoms. The molecule has 2 nitrogen and oxygen atoms in total. The van der Waals surface area contributed by atoms with Crippen LogP contribution in [0.5, 0.6) is 0 Å². The van der Waals surface area contributed by atoms with Crippen molar-refractivity contribution in [3.8, 4) is 0 Å². The monoisotopic (exact) mass is 183 g/mol. The van der Waals surface area contributed by atoms with Gasteiger partial charge in [0.05, 0.1) is 6.61 Å². The van der Waals surface area contributed by atoms with Crippen LogP contribution in [0.25, 0.3) is 0 Å². The van der Waals surface area contributed by atoms with Gasteiger partial charge in [0.15, 0.2) is 0 Å². The summed E-state index contributed by atoms with van der Waals surface area (Å²) >= 11 is 0. The average molecular weight is 183 g/mol. The summed E-state index contributed by atoms with van der Waals surface area (Å²) in [6, 6.07) is 0. The van der Waals surface area contributed by atoms with E-state index in [-0.39, 0.29) is 0 Å². The van der Waals surface area contributed by atoms with Crippen LogP contribution in [0.3, 0.4) is 0 Å². The van der Waals surface area contributed by atoms with Crippen LogP contribution in [0.2, 0.25) is 0 Å². The molecule has 0 amide bonds. The van der Waals surface area contributed by atoms with Crippen LogP contribution in [-0.4, -0.2) is 19.8 Å². The second kappa shape index (κ2) is 9.49. The van der Waals surface area contributed by atoms with Crippen LogP contribution in [-0.2, 0) is 4.74 Å². The van der Waals surface area contributed by atoms with E-state index in [1.165, 1.54) is 5.57 Å². The molecule has 0 aromatic carbocycles. The van der Waals surface area contributed by atoms with Crippen molar-refractivity contribution >= 4 is 0 Å². The first-order chi connectivity index (χ1) is 6.31. The van der Waals surface area contributed by atoms with Crippen LogP contribution in [0.4, 0.5) is 0 Å². The van der Waals surface area contributed by atoms with Gasteiger partial charge in [-0.1, -0.05) is 30.7 Å². The van der Waals surface area contributed by atoms with E-state index in [0.717, 1.165) is 19.4 Å². The lowest BCUT2D eigenvalue weighted by molar-refractivity contribution is 0.161. The molecule has 76 valence electrons. The minimum atomic E-state index is 0.689. The van der Waals surface area contributed by atoms with Gasteiger partial charge in [0.2, 0.25) is 0 Å². The lowest BCUT2D eigenvalue weighted by Gasteiger charge is -1.97. The average Bonchev–Trinajstić information content (AvgIpc) is 2.11. The molecule has 0 aromatic rings. The van der Waals surface area contributed by atoms with Crippen LogP contribution in [0.1, 0.15) is 26.7 Å². The molecule has 0 unspecified atom stereocenters. The maximum Gasteiger partial charge on any atom is 0.0650 e. The van der Waals surface area contributed by atoms with E-state index in [0.29, 0.717) is 13.2 Å². The number of ether oxygens (including phenoxy) is 1. The Morgan fingerprint density at radius 2 is 2.23 bits per heavy atom. The molecule has 0 heterocycles. The molecule has 13 heavy (non-hydrogen) atoms. The summed E-state index contributed by atoms with van der Waals surface area (Å²) in [4.78, 5) is 0. The van der Waals surface area contributed by atoms with Crippen LogP contribution in [0, 0.1) is 0 Å². The fourth-order valence-electron chi connectivity index (χ4n) is 0.961. The quantitative estimate of drug-likeness (QED) is 0.485. The molecule has 0 saturated carbocycles. The molecule has 0 aliphatic heterocycles. The maximum atomic E-state index is 5.32. The van der Waals surface area contributed by atoms with Gasteiger partial charge in [0, 0.05) is 6.61 Å². The lowest BCUT2D eigenvalue weighted by Crippen LogP contribution is -2.04. The van der Waals surface area contributed by atoms with E-state index in [2.05, 4.69) is 26.0 Å². The SMILES string of the molecule is CC/C=C(C)\C=C/COCCCN. The smallest absolute Gasteiger partial charge is 0.0650 e. The van der Waals surface area contributed by atoms with Crippen molar-refractivity contribution in [1.29, 1.82) is 0 Å². The van der Waals surface area contributed by atoms with Crippen LogP contribution < -0.4 is 5.73 Å². The van der Waals surface area contributed by atoms with Crippen molar-refractivity contribution in [3.05, 3.63) is 23.8 Å². The largest absolute Gasteiger partial charge is 0.377 e. The van der Waals surface area contributed by atoms with Gasteiger partial charge in [0.1, 0.15) is 0 Å². The summed E-state index contributed by atoms with van der Waals surface area (Å²) in [6.07, 6.45) is 8.35. The first kappa shape index (κ1) is 12.4. The standard InChI is InChI=1S/C11H21NO/c1-3-6-11(2)7-4-9-13-10-5-8-12/h4,6-7H,3,5,8-10,12H2,1-2H3/b7-4-,11-6-. The molecule has 0 aliphatic carbocycles. The zero-order chi connectivity index (χ0) is 9.94. The lowest BCUT2D eigenvalue weighted by atomic mass is 10.2. The Bertz CT molecular complexity index is 161. The highest BCUT2D eigenvalue weighted by Crippen LogP contribution is 1.96. The van der Waals surface area contributed by atoms with Crippen LogP contribution in [0.15, 0.2) is 23.8 Å². The van der Waals surface area contributed by atoms with Crippen molar-refractivity contribution in [2.24, 2.45) is 5.73 Å². The zero-order valence-corrected chi connectivity index (χ0v) is 8.75. The Labute approximate surface area is 81.5 Å². The van der Waals surface area contributed by atoms with Gasteiger partial charge in [-0.3, -0.25) is 0 Å². The van der Waals surface area contributed by atoms with E-state index in [9.17, 15) is 0 Å². The molecule has 0 aromatic heterocycles. The third-order valence-electron chi connectivity index (χ3n) is 1.61. The molecular weight excluding hydrogens is 162 g/mol. The second-order valence-corrected chi connectivity index (χ2v) is 2.98. The predicted molar refractivity (Wildman–Crippen MR) is 57.7 cm³/mol. The molecule has 0 atom stereocenters. The van der Waals surface area contributed by atoms with Gasteiger partial charge in [-0.15, -0.1) is 0 Å². The Morgan fingerprint density at radius 3 is 2.85 bits per heavy atom. The Hall–Kier alpha value is -0.600. The Morgan fingerprint density at radius 1 is 1.46 bits per heavy atom. The second-order valence-electron chi connectivity index (χ2n) is 2.98. The highest BCUT2D eigenvalue weighted by Gasteiger charge is 1.83. The van der Waals surface area contributed by atoms with E-state index in [4.69, 9.17) is 10.5 Å². The Kier molecular flexibility index (Phi) is 9.05. The first-order valence-electron chi connectivity index (χ1n) is 4.92. The Balaban J connectivity index is 3.35. The minimum absolute atomic E-state index is 0.689. The number of allylic oxidation sites excluding steroid dienone is 3. The van der Waals surface area contributed by atoms with Crippen molar-refractivity contribution in [2.45, 2.75) is 26.7 Å². The molecule has 0 aliphatic rings. The van der Waals surface area contributed by atoms with Crippen molar-refractivity contribution in [1.82, 2.24) is 0 Å². The van der Waals surface area contributed by atoms with Gasteiger partial charge in [-0.2, -0.15) is 0 Å². The molecule has 0 spiro atoms. The van der Waals surface area contributed by atoms with Gasteiger partial charge < -0.3 is 10.5 Å². The van der Waals surface area contributed by atoms with Crippen molar-refractivity contribution < 1.29 is 4.74 Å². The number of nitrogens with two attached hydrogens (primary N) is 1. The van der Waals surface area contributed by atoms with Crippen molar-refractivity contribution in [3.63, 3.8) is 0 Å². The summed E-state index contributed by atoms with van der Waals surface area (Å²) in [5.41, 5.74) is 6.62. The zero-order valence-electron chi connectivity index (χ0n) is 8.75. The maximum absolute atomic E-state index is 5.32. The number of hydrogen-bond donors (Lipinski definition) is 1. The van der Waals surface area contributed by atoms with Crippen molar-refractivity contribution in [2.75, 3.05) is 19.8 Å². The fraction of sp³-hybridized carbons (Fsp3) is 0.636. The highest BCUT2D eigenvalue weighted by molar-refractivity contribution is 5.15. The molecule has 2 N–H and O–H groups in total. The molecule has 0 rings (SSSR count). The summed E-state index contributed by atoms with van der Waals surface area (Å²) < 4.78 is 5.31. The summed E-state index contributed by atoms with van der Waals surface area (Å²) in [7, 11) is 0. The highest BCUT2D eigenvalue weighted by atomic mass is 16.5. The molecule has 0 saturated heterocycles. The number of hydrogen-bond acceptors (Lipinski definition) is 2. The molecule has 0 radical (unpaired) electrons. The van der Waals surface area contributed by atoms with Gasteiger partial charge in [0.25, 0.3) is 0 Å². The summed E-state index contributed by atoms with van der Waals surface area (Å²) in [6.45, 7) is 6.39. The normalized spacial score (nSPS) is 12.7. The summed E-state index contributed by atoms with van der Waals surface area (Å²) in [5, 5.41) is 0. The van der Waals surface area contributed by atoms with Gasteiger partial charge in [-0.25, -0.2) is 0 Å². The van der Waals surface area contributed by atoms with Crippen LogP contribution >= 0.6 is 0 Å². The third-order valence-corrected chi connectivity index (χ3v) is 1.61. The van der Waals surface area contributed by atoms with E-state index >= 15 is 0 Å². The molecule has 0 fully saturated rings. The molecular formula is C11H21NO. The topological polar surface area (TPSA) is 35.2 Å². The van der Waals surface area contributed by atoms with Gasteiger partial charge in [-0.05, 0) is 26.3 Å². The summed E-state index contributed by atoms with van der Waals surface area (Å²) in [5.74, 6) is 0. The first-order valence-corrected chi connectivity index (χ1v) is 4.92. The number of rotatable bonds is 7. The van der Waals surface area contributed by atoms with Gasteiger partial charge >= 0.3 is 0 Å². The van der Waals surface area contributed by atoms with E-state index < -0.39 is 0 Å². The van der Waals surface area contributed by atoms with E-state index in [1.807, 2.05) is 6.08 Å². The molecule has 2 heteroatoms. The third kappa shape index (κ3) is 9.31.